The van der Waals surface area contributed by atoms with Gasteiger partial charge >= 0.3 is 12.1 Å². The second-order valence-corrected chi connectivity index (χ2v) is 5.18. The van der Waals surface area contributed by atoms with Crippen LogP contribution in [0.5, 0.6) is 0 Å². The molecule has 2 rings (SSSR count). The third-order valence-electron chi connectivity index (χ3n) is 3.24. The van der Waals surface area contributed by atoms with E-state index in [1.54, 1.807) is 0 Å². The highest BCUT2D eigenvalue weighted by atomic mass is 16.5. The number of carboxylic acids is 1. The number of nitrogens with one attached hydrogen (secondary N) is 1. The van der Waals surface area contributed by atoms with E-state index in [0.717, 1.165) is 22.8 Å². The molecule has 128 valence electrons. The second kappa shape index (κ2) is 9.72. The molecule has 2 N–H and O–H groups in total. The van der Waals surface area contributed by atoms with Gasteiger partial charge in [-0.1, -0.05) is 66.7 Å². The Bertz CT molecular complexity index is 749. The molecule has 0 fully saturated rings. The quantitative estimate of drug-likeness (QED) is 0.755. The fraction of sp³-hybridized carbons (Fsp3) is 0.100. The molecule has 0 unspecified atom stereocenters. The van der Waals surface area contributed by atoms with Crippen molar-refractivity contribution in [3.8, 4) is 0 Å². The highest BCUT2D eigenvalue weighted by molar-refractivity contribution is 5.85. The number of rotatable bonds is 7. The van der Waals surface area contributed by atoms with Crippen LogP contribution in [0.3, 0.4) is 0 Å². The summed E-state index contributed by atoms with van der Waals surface area (Å²) in [5, 5.41) is 11.2. The van der Waals surface area contributed by atoms with Crippen molar-refractivity contribution >= 4 is 24.2 Å². The van der Waals surface area contributed by atoms with E-state index >= 15 is 0 Å². The molecule has 1 amide bonds. The highest BCUT2D eigenvalue weighted by Crippen LogP contribution is 2.07. The van der Waals surface area contributed by atoms with E-state index in [-0.39, 0.29) is 6.61 Å². The molecule has 25 heavy (non-hydrogen) atoms. The molecule has 0 saturated carbocycles. The molecular formula is C20H19NO4. The number of alkyl carbamates (subject to hydrolysis) is 1. The van der Waals surface area contributed by atoms with Crippen LogP contribution >= 0.6 is 0 Å². The smallest absolute Gasteiger partial charge is 0.407 e. The van der Waals surface area contributed by atoms with E-state index in [1.165, 1.54) is 6.08 Å². The van der Waals surface area contributed by atoms with E-state index in [2.05, 4.69) is 5.32 Å². The maximum Gasteiger partial charge on any atom is 0.407 e. The minimum absolute atomic E-state index is 0.238. The number of amides is 1. The fourth-order valence-electron chi connectivity index (χ4n) is 2.00. The first-order valence-corrected chi connectivity index (χ1v) is 7.75. The summed E-state index contributed by atoms with van der Waals surface area (Å²) in [6.07, 6.45) is 5.83. The Morgan fingerprint density at radius 3 is 2.24 bits per heavy atom. The number of hydrogen-bond donors (Lipinski definition) is 2. The molecule has 0 heterocycles. The summed E-state index contributed by atoms with van der Waals surface area (Å²) in [7, 11) is 0. The largest absolute Gasteiger partial charge is 0.478 e. The third kappa shape index (κ3) is 7.18. The van der Waals surface area contributed by atoms with Crippen molar-refractivity contribution < 1.29 is 19.4 Å². The lowest BCUT2D eigenvalue weighted by molar-refractivity contribution is -0.131. The number of aliphatic carboxylic acids is 1. The zero-order valence-electron chi connectivity index (χ0n) is 13.6. The summed E-state index contributed by atoms with van der Waals surface area (Å²) >= 11 is 0. The molecule has 5 heteroatoms. The van der Waals surface area contributed by atoms with Gasteiger partial charge in [0.1, 0.15) is 6.61 Å². The molecular weight excluding hydrogens is 318 g/mol. The van der Waals surface area contributed by atoms with Crippen LogP contribution in [0, 0.1) is 0 Å². The van der Waals surface area contributed by atoms with Crippen LogP contribution in [0.25, 0.3) is 12.2 Å². The molecule has 2 aromatic rings. The van der Waals surface area contributed by atoms with Crippen LogP contribution < -0.4 is 5.32 Å². The number of hydrogen-bond acceptors (Lipinski definition) is 3. The van der Waals surface area contributed by atoms with Crippen molar-refractivity contribution in [1.29, 1.82) is 0 Å². The van der Waals surface area contributed by atoms with Gasteiger partial charge in [0.15, 0.2) is 0 Å². The van der Waals surface area contributed by atoms with Crippen LogP contribution in [0.15, 0.2) is 66.7 Å². The van der Waals surface area contributed by atoms with Gasteiger partial charge in [-0.2, -0.15) is 0 Å². The first kappa shape index (κ1) is 18.0. The zero-order chi connectivity index (χ0) is 17.9. The lowest BCUT2D eigenvalue weighted by Crippen LogP contribution is -2.24. The lowest BCUT2D eigenvalue weighted by atomic mass is 10.1. The molecule has 0 spiro atoms. The van der Waals surface area contributed by atoms with E-state index in [4.69, 9.17) is 9.84 Å². The Hall–Kier alpha value is -3.34. The Balaban J connectivity index is 1.71. The summed E-state index contributed by atoms with van der Waals surface area (Å²) in [5.74, 6) is -0.978. The summed E-state index contributed by atoms with van der Waals surface area (Å²) in [6.45, 7) is 0.593. The molecule has 0 saturated heterocycles. The SMILES string of the molecule is O=C(O)/C=C/c1ccc(C=CCNC(=O)OCc2ccccc2)cc1. The Morgan fingerprint density at radius 1 is 0.960 bits per heavy atom. The number of carbonyl (C=O) groups is 2. The molecule has 0 atom stereocenters. The second-order valence-electron chi connectivity index (χ2n) is 5.18. The number of ether oxygens (including phenoxy) is 1. The predicted molar refractivity (Wildman–Crippen MR) is 96.8 cm³/mol. The monoisotopic (exact) mass is 337 g/mol. The molecule has 0 aliphatic rings. The van der Waals surface area contributed by atoms with Crippen LogP contribution in [-0.2, 0) is 16.1 Å². The molecule has 0 aliphatic heterocycles. The van der Waals surface area contributed by atoms with Crippen LogP contribution in [0.2, 0.25) is 0 Å². The molecule has 5 nitrogen and oxygen atoms in total. The molecule has 0 aromatic heterocycles. The molecule has 2 aromatic carbocycles. The van der Waals surface area contributed by atoms with Crippen LogP contribution in [-0.4, -0.2) is 23.7 Å². The van der Waals surface area contributed by atoms with E-state index < -0.39 is 12.1 Å². The molecule has 0 bridgehead atoms. The maximum atomic E-state index is 11.6. The van der Waals surface area contributed by atoms with E-state index in [0.29, 0.717) is 6.54 Å². The standard InChI is InChI=1S/C20H19NO4/c22-19(23)13-12-17-10-8-16(9-11-17)7-4-14-21-20(24)25-15-18-5-2-1-3-6-18/h1-13H,14-15H2,(H,21,24)(H,22,23)/b7-4?,13-12+. The first-order valence-electron chi connectivity index (χ1n) is 7.75. The van der Waals surface area contributed by atoms with Gasteiger partial charge in [-0.15, -0.1) is 0 Å². The topological polar surface area (TPSA) is 75.6 Å². The average molecular weight is 337 g/mol. The van der Waals surface area contributed by atoms with Crippen LogP contribution in [0.1, 0.15) is 16.7 Å². The number of carboxylic acid groups (broad SMARTS) is 1. The summed E-state index contributed by atoms with van der Waals surface area (Å²) in [5.41, 5.74) is 2.69. The van der Waals surface area contributed by atoms with Crippen molar-refractivity contribution in [2.45, 2.75) is 6.61 Å². The number of carbonyl (C=O) groups excluding carboxylic acids is 1. The van der Waals surface area contributed by atoms with Gasteiger partial charge < -0.3 is 15.2 Å². The zero-order valence-corrected chi connectivity index (χ0v) is 13.6. The van der Waals surface area contributed by atoms with Crippen molar-refractivity contribution in [1.82, 2.24) is 5.32 Å². The van der Waals surface area contributed by atoms with Crippen LogP contribution in [0.4, 0.5) is 4.79 Å². The van der Waals surface area contributed by atoms with E-state index in [1.807, 2.05) is 66.7 Å². The summed E-state index contributed by atoms with van der Waals surface area (Å²) < 4.78 is 5.10. The Kier molecular flexibility index (Phi) is 7.00. The Morgan fingerprint density at radius 2 is 1.60 bits per heavy atom. The highest BCUT2D eigenvalue weighted by Gasteiger charge is 2.00. The normalized spacial score (nSPS) is 10.9. The summed E-state index contributed by atoms with van der Waals surface area (Å²) in [6, 6.07) is 16.8. The minimum Gasteiger partial charge on any atom is -0.478 e. The van der Waals surface area contributed by atoms with Gasteiger partial charge in [-0.25, -0.2) is 9.59 Å². The molecule has 0 aliphatic carbocycles. The van der Waals surface area contributed by atoms with Gasteiger partial charge in [0.25, 0.3) is 0 Å². The lowest BCUT2D eigenvalue weighted by Gasteiger charge is -2.05. The summed E-state index contributed by atoms with van der Waals surface area (Å²) in [4.78, 5) is 22.0. The number of benzene rings is 2. The van der Waals surface area contributed by atoms with Gasteiger partial charge in [0, 0.05) is 12.6 Å². The van der Waals surface area contributed by atoms with Crippen molar-refractivity contribution in [3.05, 3.63) is 83.4 Å². The van der Waals surface area contributed by atoms with Gasteiger partial charge in [-0.3, -0.25) is 0 Å². The van der Waals surface area contributed by atoms with Crippen molar-refractivity contribution in [2.75, 3.05) is 6.54 Å². The maximum absolute atomic E-state index is 11.6. The predicted octanol–water partition coefficient (Wildman–Crippen LogP) is 3.72. The van der Waals surface area contributed by atoms with Gasteiger partial charge in [0.05, 0.1) is 0 Å². The van der Waals surface area contributed by atoms with Crippen molar-refractivity contribution in [2.24, 2.45) is 0 Å². The first-order chi connectivity index (χ1) is 12.1. The third-order valence-corrected chi connectivity index (χ3v) is 3.24. The average Bonchev–Trinajstić information content (AvgIpc) is 2.63. The fourth-order valence-corrected chi connectivity index (χ4v) is 2.00. The van der Waals surface area contributed by atoms with E-state index in [9.17, 15) is 9.59 Å². The Labute approximate surface area is 146 Å². The van der Waals surface area contributed by atoms with Gasteiger partial charge in [0.2, 0.25) is 0 Å². The van der Waals surface area contributed by atoms with Gasteiger partial charge in [-0.05, 0) is 22.8 Å². The molecule has 0 radical (unpaired) electrons. The minimum atomic E-state index is -0.978. The van der Waals surface area contributed by atoms with Crippen molar-refractivity contribution in [3.63, 3.8) is 0 Å².